The van der Waals surface area contributed by atoms with Gasteiger partial charge < -0.3 is 10.4 Å². The molecule has 0 aliphatic carbocycles. The Morgan fingerprint density at radius 3 is 2.91 bits per heavy atom. The highest BCUT2D eigenvalue weighted by atomic mass is 32.2. The second kappa shape index (κ2) is 7.42. The molecule has 0 saturated carbocycles. The molecule has 0 radical (unpaired) electrons. The number of aliphatic carboxylic acids is 1. The van der Waals surface area contributed by atoms with E-state index in [1.165, 1.54) is 0 Å². The Kier molecular flexibility index (Phi) is 5.57. The highest BCUT2D eigenvalue weighted by molar-refractivity contribution is 8.01. The fourth-order valence-corrected chi connectivity index (χ4v) is 3.97. The molecule has 0 spiro atoms. The first-order valence-electron chi connectivity index (χ1n) is 6.77. The number of carboxylic acid groups (broad SMARTS) is 1. The summed E-state index contributed by atoms with van der Waals surface area (Å²) >= 11 is 3.33. The van der Waals surface area contributed by atoms with Gasteiger partial charge in [-0.15, -0.1) is 11.3 Å². The van der Waals surface area contributed by atoms with Crippen LogP contribution in [-0.2, 0) is 9.59 Å². The van der Waals surface area contributed by atoms with Crippen LogP contribution in [0.3, 0.4) is 0 Å². The molecule has 2 aromatic rings. The van der Waals surface area contributed by atoms with Crippen molar-refractivity contribution >= 4 is 50.9 Å². The zero-order chi connectivity index (χ0) is 16.1. The summed E-state index contributed by atoms with van der Waals surface area (Å²) < 4.78 is 2.00. The van der Waals surface area contributed by atoms with Crippen LogP contribution >= 0.6 is 23.1 Å². The van der Waals surface area contributed by atoms with Crippen molar-refractivity contribution in [1.29, 1.82) is 0 Å². The van der Waals surface area contributed by atoms with Crippen molar-refractivity contribution in [1.82, 2.24) is 4.98 Å². The maximum atomic E-state index is 11.6. The summed E-state index contributed by atoms with van der Waals surface area (Å²) in [5.41, 5.74) is 1.52. The summed E-state index contributed by atoms with van der Waals surface area (Å²) in [5.74, 6) is -1.62. The van der Waals surface area contributed by atoms with Crippen molar-refractivity contribution < 1.29 is 14.7 Å². The third kappa shape index (κ3) is 4.57. The van der Waals surface area contributed by atoms with Crippen LogP contribution in [0.4, 0.5) is 5.69 Å². The molecule has 5 nitrogen and oxygen atoms in total. The molecule has 0 unspecified atom stereocenters. The largest absolute Gasteiger partial charge is 0.478 e. The van der Waals surface area contributed by atoms with Crippen molar-refractivity contribution in [3.63, 3.8) is 0 Å². The second-order valence-electron chi connectivity index (χ2n) is 4.66. The number of nitrogens with zero attached hydrogens (tertiary/aromatic N) is 1. The van der Waals surface area contributed by atoms with E-state index >= 15 is 0 Å². The number of fused-ring (bicyclic) bond motifs is 1. The normalized spacial score (nSPS) is 12.6. The number of anilines is 1. The number of nitrogens with one attached hydrogen (secondary N) is 1. The van der Waals surface area contributed by atoms with Crippen molar-refractivity contribution in [3.8, 4) is 0 Å². The third-order valence-corrected chi connectivity index (χ3v) is 5.27. The molecule has 2 rings (SSSR count). The van der Waals surface area contributed by atoms with Crippen LogP contribution < -0.4 is 5.32 Å². The molecule has 0 fully saturated rings. The molecule has 22 heavy (non-hydrogen) atoms. The van der Waals surface area contributed by atoms with Gasteiger partial charge in [-0.2, -0.15) is 0 Å². The van der Waals surface area contributed by atoms with Gasteiger partial charge in [-0.25, -0.2) is 9.78 Å². The van der Waals surface area contributed by atoms with Crippen molar-refractivity contribution in [2.45, 2.75) is 29.9 Å². The number of carbonyl (C=O) groups is 2. The predicted octanol–water partition coefficient (Wildman–Crippen LogP) is 3.77. The van der Waals surface area contributed by atoms with E-state index in [0.717, 1.165) is 33.1 Å². The number of carboxylic acids is 1. The molecule has 0 saturated heterocycles. The van der Waals surface area contributed by atoms with E-state index in [1.807, 2.05) is 12.1 Å². The minimum absolute atomic E-state index is 0.472. The van der Waals surface area contributed by atoms with Gasteiger partial charge in [-0.05, 0) is 24.6 Å². The quantitative estimate of drug-likeness (QED) is 0.620. The molecule has 1 amide bonds. The highest BCUT2D eigenvalue weighted by Crippen LogP contribution is 2.34. The standard InChI is InChI=1S/C15H16N2O3S2/c1-3-9(2)21-15-17-11-5-4-10(8-12(11)22-15)16-13(18)6-7-14(19)20/h4-9H,3H2,1-2H3,(H,16,18)(H,19,20)/b7-6-/t9-/m1/s1. The molecule has 1 aromatic heterocycles. The Hall–Kier alpha value is -1.86. The van der Waals surface area contributed by atoms with Gasteiger partial charge in [0.2, 0.25) is 5.91 Å². The third-order valence-electron chi connectivity index (χ3n) is 2.89. The summed E-state index contributed by atoms with van der Waals surface area (Å²) in [7, 11) is 0. The van der Waals surface area contributed by atoms with E-state index in [2.05, 4.69) is 24.1 Å². The maximum absolute atomic E-state index is 11.6. The summed E-state index contributed by atoms with van der Waals surface area (Å²) in [4.78, 5) is 26.5. The molecule has 0 bridgehead atoms. The average molecular weight is 336 g/mol. The van der Waals surface area contributed by atoms with Gasteiger partial charge in [0.1, 0.15) is 0 Å². The number of hydrogen-bond acceptors (Lipinski definition) is 5. The number of amides is 1. The van der Waals surface area contributed by atoms with E-state index in [0.29, 0.717) is 10.9 Å². The summed E-state index contributed by atoms with van der Waals surface area (Å²) in [5, 5.41) is 11.6. The lowest BCUT2D eigenvalue weighted by atomic mass is 10.3. The lowest BCUT2D eigenvalue weighted by Gasteiger charge is -2.02. The molecular formula is C15H16N2O3S2. The van der Waals surface area contributed by atoms with Crippen LogP contribution in [0.1, 0.15) is 20.3 Å². The summed E-state index contributed by atoms with van der Waals surface area (Å²) in [6.45, 7) is 4.31. The molecule has 7 heteroatoms. The van der Waals surface area contributed by atoms with Crippen LogP contribution in [0.2, 0.25) is 0 Å². The Morgan fingerprint density at radius 1 is 1.45 bits per heavy atom. The number of benzene rings is 1. The molecule has 116 valence electrons. The van der Waals surface area contributed by atoms with E-state index in [1.54, 1.807) is 29.2 Å². The van der Waals surface area contributed by atoms with Gasteiger partial charge in [0, 0.05) is 23.1 Å². The number of thioether (sulfide) groups is 1. The molecule has 1 heterocycles. The van der Waals surface area contributed by atoms with Gasteiger partial charge >= 0.3 is 5.97 Å². The maximum Gasteiger partial charge on any atom is 0.328 e. The van der Waals surface area contributed by atoms with Crippen molar-refractivity contribution in [2.24, 2.45) is 0 Å². The lowest BCUT2D eigenvalue weighted by Crippen LogP contribution is -2.08. The SMILES string of the molecule is CC[C@@H](C)Sc1nc2ccc(NC(=O)/C=C\C(=O)O)cc2s1. The Labute approximate surface area is 136 Å². The van der Waals surface area contributed by atoms with Gasteiger partial charge in [-0.3, -0.25) is 4.79 Å². The Morgan fingerprint density at radius 2 is 2.23 bits per heavy atom. The van der Waals surface area contributed by atoms with Gasteiger partial charge in [-0.1, -0.05) is 25.6 Å². The second-order valence-corrected chi connectivity index (χ2v) is 7.38. The van der Waals surface area contributed by atoms with E-state index < -0.39 is 11.9 Å². The highest BCUT2D eigenvalue weighted by Gasteiger charge is 2.09. The number of thiazole rings is 1. The predicted molar refractivity (Wildman–Crippen MR) is 90.6 cm³/mol. The topological polar surface area (TPSA) is 79.3 Å². The number of aromatic nitrogens is 1. The van der Waals surface area contributed by atoms with Crippen LogP contribution in [0.25, 0.3) is 10.2 Å². The zero-order valence-electron chi connectivity index (χ0n) is 12.2. The average Bonchev–Trinajstić information content (AvgIpc) is 2.86. The van der Waals surface area contributed by atoms with Crippen LogP contribution in [0.5, 0.6) is 0 Å². The van der Waals surface area contributed by atoms with E-state index in [4.69, 9.17) is 5.11 Å². The van der Waals surface area contributed by atoms with Crippen molar-refractivity contribution in [2.75, 3.05) is 5.32 Å². The van der Waals surface area contributed by atoms with Gasteiger partial charge in [0.25, 0.3) is 0 Å². The van der Waals surface area contributed by atoms with Crippen LogP contribution in [0.15, 0.2) is 34.7 Å². The molecule has 0 aliphatic heterocycles. The van der Waals surface area contributed by atoms with E-state index in [9.17, 15) is 9.59 Å². The first-order chi connectivity index (χ1) is 10.5. The van der Waals surface area contributed by atoms with Gasteiger partial charge in [0.05, 0.1) is 10.2 Å². The first kappa shape index (κ1) is 16.5. The molecule has 2 N–H and O–H groups in total. The minimum Gasteiger partial charge on any atom is -0.478 e. The molecule has 1 atom stereocenters. The molecule has 1 aromatic carbocycles. The first-order valence-corrected chi connectivity index (χ1v) is 8.46. The Bertz CT molecular complexity index is 725. The fraction of sp³-hybridized carbons (Fsp3) is 0.267. The lowest BCUT2D eigenvalue weighted by molar-refractivity contribution is -0.131. The summed E-state index contributed by atoms with van der Waals surface area (Å²) in [6, 6.07) is 5.45. The molecular weight excluding hydrogens is 320 g/mol. The Balaban J connectivity index is 2.13. The fourth-order valence-electron chi connectivity index (χ4n) is 1.62. The smallest absolute Gasteiger partial charge is 0.328 e. The van der Waals surface area contributed by atoms with Crippen LogP contribution in [0, 0.1) is 0 Å². The minimum atomic E-state index is -1.15. The number of hydrogen-bond donors (Lipinski definition) is 2. The van der Waals surface area contributed by atoms with Crippen LogP contribution in [-0.4, -0.2) is 27.2 Å². The van der Waals surface area contributed by atoms with Gasteiger partial charge in [0.15, 0.2) is 4.34 Å². The summed E-state index contributed by atoms with van der Waals surface area (Å²) in [6.07, 6.45) is 2.88. The number of carbonyl (C=O) groups excluding carboxylic acids is 1. The monoisotopic (exact) mass is 336 g/mol. The zero-order valence-corrected chi connectivity index (χ0v) is 13.8. The van der Waals surface area contributed by atoms with Crippen molar-refractivity contribution in [3.05, 3.63) is 30.4 Å². The molecule has 0 aliphatic rings. The van der Waals surface area contributed by atoms with E-state index in [-0.39, 0.29) is 0 Å². The number of rotatable bonds is 6.